The van der Waals surface area contributed by atoms with E-state index in [2.05, 4.69) is 15.1 Å². The molecule has 0 spiro atoms. The molecule has 6 nitrogen and oxygen atoms in total. The van der Waals surface area contributed by atoms with E-state index in [0.29, 0.717) is 17.1 Å². The molecule has 2 aromatic carbocycles. The van der Waals surface area contributed by atoms with E-state index in [1.807, 2.05) is 55.5 Å². The molecule has 0 unspecified atom stereocenters. The number of aromatic amines is 1. The predicted molar refractivity (Wildman–Crippen MR) is 106 cm³/mol. The Bertz CT molecular complexity index is 1210. The third kappa shape index (κ3) is 2.45. The van der Waals surface area contributed by atoms with Gasteiger partial charge in [-0.15, -0.1) is 0 Å². The molecule has 1 aliphatic heterocycles. The number of hydrogen-bond acceptors (Lipinski definition) is 4. The van der Waals surface area contributed by atoms with Gasteiger partial charge in [0.15, 0.2) is 0 Å². The summed E-state index contributed by atoms with van der Waals surface area (Å²) in [6, 6.07) is 15.5. The number of carbonyl (C=O) groups is 1. The van der Waals surface area contributed by atoms with Crippen LogP contribution in [0.4, 0.5) is 11.5 Å². The third-order valence-electron chi connectivity index (χ3n) is 4.89. The van der Waals surface area contributed by atoms with Crippen molar-refractivity contribution >= 4 is 33.9 Å². The first-order chi connectivity index (χ1) is 13.1. The molecule has 2 aromatic heterocycles. The summed E-state index contributed by atoms with van der Waals surface area (Å²) >= 11 is 0. The predicted octanol–water partition coefficient (Wildman–Crippen LogP) is 3.82. The number of anilines is 1. The normalized spacial score (nSPS) is 13.0. The van der Waals surface area contributed by atoms with Crippen molar-refractivity contribution < 1.29 is 4.79 Å². The minimum atomic E-state index is -0.171. The van der Waals surface area contributed by atoms with Crippen LogP contribution < -0.4 is 5.73 Å². The van der Waals surface area contributed by atoms with Crippen LogP contribution in [-0.2, 0) is 6.42 Å². The van der Waals surface area contributed by atoms with Crippen molar-refractivity contribution in [2.45, 2.75) is 13.3 Å². The quantitative estimate of drug-likeness (QED) is 0.548. The Morgan fingerprint density at radius 2 is 2.04 bits per heavy atom. The number of ketones is 1. The van der Waals surface area contributed by atoms with Crippen molar-refractivity contribution in [1.29, 1.82) is 0 Å². The first kappa shape index (κ1) is 15.6. The zero-order valence-corrected chi connectivity index (χ0v) is 14.7. The monoisotopic (exact) mass is 355 g/mol. The van der Waals surface area contributed by atoms with Crippen LogP contribution in [0.5, 0.6) is 0 Å². The number of aromatic nitrogens is 3. The molecule has 3 N–H and O–H groups in total. The molecular formula is C21H17N5O. The zero-order valence-electron chi connectivity index (χ0n) is 14.7. The number of benzene rings is 2. The molecule has 0 fully saturated rings. The standard InChI is InChI=1S/C21H17N5O/c1-12-8-14-9-15(6-7-18(14)24-12)26-21(22)16(11-23-26)20(27)19-10-13-4-2-3-5-17(13)25-19/h2-7,9-11,25H,8,22H2,1H3. The summed E-state index contributed by atoms with van der Waals surface area (Å²) < 4.78 is 1.60. The molecule has 0 saturated heterocycles. The highest BCUT2D eigenvalue weighted by atomic mass is 16.1. The lowest BCUT2D eigenvalue weighted by Crippen LogP contribution is -2.07. The fourth-order valence-electron chi connectivity index (χ4n) is 3.55. The highest BCUT2D eigenvalue weighted by Gasteiger charge is 2.20. The van der Waals surface area contributed by atoms with E-state index in [0.717, 1.165) is 40.0 Å². The number of H-pyrrole nitrogens is 1. The molecule has 1 aliphatic rings. The van der Waals surface area contributed by atoms with E-state index in [4.69, 9.17) is 5.73 Å². The molecule has 0 bridgehead atoms. The van der Waals surface area contributed by atoms with Gasteiger partial charge in [-0.3, -0.25) is 9.79 Å². The first-order valence-corrected chi connectivity index (χ1v) is 8.73. The van der Waals surface area contributed by atoms with E-state index < -0.39 is 0 Å². The highest BCUT2D eigenvalue weighted by molar-refractivity contribution is 6.12. The van der Waals surface area contributed by atoms with Crippen molar-refractivity contribution in [3.63, 3.8) is 0 Å². The molecule has 0 atom stereocenters. The molecule has 0 saturated carbocycles. The van der Waals surface area contributed by atoms with Crippen LogP contribution in [0.3, 0.4) is 0 Å². The van der Waals surface area contributed by atoms with Gasteiger partial charge < -0.3 is 10.7 Å². The Balaban J connectivity index is 1.52. The van der Waals surface area contributed by atoms with Gasteiger partial charge in [0.25, 0.3) is 0 Å². The Morgan fingerprint density at radius 1 is 1.19 bits per heavy atom. The summed E-state index contributed by atoms with van der Waals surface area (Å²) in [6.45, 7) is 2.01. The molecule has 27 heavy (non-hydrogen) atoms. The van der Waals surface area contributed by atoms with E-state index in [1.54, 1.807) is 4.68 Å². The number of para-hydroxylation sites is 1. The number of nitrogens with zero attached hydrogens (tertiary/aromatic N) is 3. The molecule has 6 heteroatoms. The first-order valence-electron chi connectivity index (χ1n) is 8.73. The largest absolute Gasteiger partial charge is 0.383 e. The summed E-state index contributed by atoms with van der Waals surface area (Å²) in [5.74, 6) is 0.157. The summed E-state index contributed by atoms with van der Waals surface area (Å²) in [5, 5.41) is 5.34. The molecule has 0 aliphatic carbocycles. The van der Waals surface area contributed by atoms with Gasteiger partial charge in [0.1, 0.15) is 5.82 Å². The number of rotatable bonds is 3. The topological polar surface area (TPSA) is 89.1 Å². The number of nitrogens with two attached hydrogens (primary N) is 1. The van der Waals surface area contributed by atoms with Crippen LogP contribution in [-0.4, -0.2) is 26.3 Å². The van der Waals surface area contributed by atoms with E-state index in [1.165, 1.54) is 6.20 Å². The Kier molecular flexibility index (Phi) is 3.27. The number of nitrogens with one attached hydrogen (secondary N) is 1. The Hall–Kier alpha value is -3.67. The van der Waals surface area contributed by atoms with Crippen molar-refractivity contribution in [1.82, 2.24) is 14.8 Å². The summed E-state index contributed by atoms with van der Waals surface area (Å²) in [7, 11) is 0. The lowest BCUT2D eigenvalue weighted by Gasteiger charge is -2.07. The van der Waals surface area contributed by atoms with Gasteiger partial charge in [-0.05, 0) is 42.8 Å². The molecule has 5 rings (SSSR count). The average Bonchev–Trinajstić information content (AvgIpc) is 3.35. The number of nitrogen functional groups attached to an aromatic ring is 1. The van der Waals surface area contributed by atoms with Crippen molar-refractivity contribution in [3.8, 4) is 5.69 Å². The van der Waals surface area contributed by atoms with E-state index in [-0.39, 0.29) is 5.78 Å². The average molecular weight is 355 g/mol. The van der Waals surface area contributed by atoms with Crippen LogP contribution in [0.15, 0.2) is 59.7 Å². The number of fused-ring (bicyclic) bond motifs is 2. The lowest BCUT2D eigenvalue weighted by molar-refractivity contribution is 0.103. The fraction of sp³-hybridized carbons (Fsp3) is 0.0952. The third-order valence-corrected chi connectivity index (χ3v) is 4.89. The fourth-order valence-corrected chi connectivity index (χ4v) is 3.55. The maximum absolute atomic E-state index is 12.9. The van der Waals surface area contributed by atoms with Gasteiger partial charge in [0.2, 0.25) is 5.78 Å². The zero-order chi connectivity index (χ0) is 18.5. The number of aliphatic imine (C=N–C) groups is 1. The summed E-state index contributed by atoms with van der Waals surface area (Å²) in [5.41, 5.74) is 12.1. The summed E-state index contributed by atoms with van der Waals surface area (Å²) in [6.07, 6.45) is 2.35. The SMILES string of the molecule is CC1=Nc2ccc(-n3ncc(C(=O)c4cc5ccccc5[nH]4)c3N)cc2C1. The van der Waals surface area contributed by atoms with Gasteiger partial charge in [0.05, 0.1) is 28.8 Å². The maximum atomic E-state index is 12.9. The minimum absolute atomic E-state index is 0.171. The van der Waals surface area contributed by atoms with Gasteiger partial charge in [-0.2, -0.15) is 5.10 Å². The van der Waals surface area contributed by atoms with Crippen molar-refractivity contribution in [3.05, 3.63) is 71.5 Å². The summed E-state index contributed by atoms with van der Waals surface area (Å²) in [4.78, 5) is 20.6. The highest BCUT2D eigenvalue weighted by Crippen LogP contribution is 2.30. The molecule has 4 aromatic rings. The van der Waals surface area contributed by atoms with Crippen LogP contribution in [0.25, 0.3) is 16.6 Å². The van der Waals surface area contributed by atoms with Crippen molar-refractivity contribution in [2.75, 3.05) is 5.73 Å². The smallest absolute Gasteiger partial charge is 0.214 e. The van der Waals surface area contributed by atoms with Gasteiger partial charge in [-0.25, -0.2) is 4.68 Å². The van der Waals surface area contributed by atoms with Crippen molar-refractivity contribution in [2.24, 2.45) is 4.99 Å². The molecule has 3 heterocycles. The van der Waals surface area contributed by atoms with Crippen LogP contribution in [0.2, 0.25) is 0 Å². The van der Waals surface area contributed by atoms with Crippen LogP contribution in [0, 0.1) is 0 Å². The second-order valence-corrected chi connectivity index (χ2v) is 6.79. The Morgan fingerprint density at radius 3 is 2.89 bits per heavy atom. The van der Waals surface area contributed by atoms with Crippen LogP contribution in [0.1, 0.15) is 28.5 Å². The Labute approximate surface area is 155 Å². The number of carbonyl (C=O) groups excluding carboxylic acids is 1. The maximum Gasteiger partial charge on any atom is 0.214 e. The van der Waals surface area contributed by atoms with Gasteiger partial charge >= 0.3 is 0 Å². The molecule has 0 amide bonds. The van der Waals surface area contributed by atoms with Gasteiger partial charge in [0, 0.05) is 23.0 Å². The molecule has 132 valence electrons. The van der Waals surface area contributed by atoms with E-state index in [9.17, 15) is 4.79 Å². The van der Waals surface area contributed by atoms with Crippen LogP contribution >= 0.6 is 0 Å². The number of hydrogen-bond donors (Lipinski definition) is 2. The van der Waals surface area contributed by atoms with E-state index >= 15 is 0 Å². The molecule has 0 radical (unpaired) electrons. The minimum Gasteiger partial charge on any atom is -0.383 e. The van der Waals surface area contributed by atoms with Gasteiger partial charge in [-0.1, -0.05) is 18.2 Å². The molecular weight excluding hydrogens is 338 g/mol. The second-order valence-electron chi connectivity index (χ2n) is 6.79. The lowest BCUT2D eigenvalue weighted by atomic mass is 10.1. The second kappa shape index (κ2) is 5.67.